The Bertz CT molecular complexity index is 693. The molecule has 1 saturated heterocycles. The van der Waals surface area contributed by atoms with Gasteiger partial charge < -0.3 is 9.47 Å². The standard InChI is InChI=1S/C21H25NO3/c1-21(24-2,20(23)18-6-4-3-5-7-18)19-10-8-17(9-11-19)16-22-12-14-25-15-13-22/h3-11H,12-16H2,1-2H3. The normalized spacial score (nSPS) is 17.8. The van der Waals surface area contributed by atoms with Crippen LogP contribution in [0.4, 0.5) is 0 Å². The van der Waals surface area contributed by atoms with Crippen molar-refractivity contribution in [2.24, 2.45) is 0 Å². The molecule has 0 N–H and O–H groups in total. The van der Waals surface area contributed by atoms with E-state index in [0.29, 0.717) is 5.56 Å². The van der Waals surface area contributed by atoms with Crippen LogP contribution in [0.1, 0.15) is 28.4 Å². The number of Topliss-reactive ketones (excluding diaryl/α,β-unsaturated/α-hetero) is 1. The number of hydrogen-bond acceptors (Lipinski definition) is 4. The van der Waals surface area contributed by atoms with Crippen molar-refractivity contribution in [2.45, 2.75) is 19.1 Å². The summed E-state index contributed by atoms with van der Waals surface area (Å²) in [5.41, 5.74) is 1.77. The summed E-state index contributed by atoms with van der Waals surface area (Å²) < 4.78 is 11.0. The van der Waals surface area contributed by atoms with Crippen molar-refractivity contribution in [3.05, 3.63) is 71.3 Å². The molecule has 1 aliphatic rings. The highest BCUT2D eigenvalue weighted by Gasteiger charge is 2.35. The van der Waals surface area contributed by atoms with Crippen LogP contribution in [0.3, 0.4) is 0 Å². The Kier molecular flexibility index (Phi) is 5.63. The minimum absolute atomic E-state index is 0.0310. The van der Waals surface area contributed by atoms with Gasteiger partial charge >= 0.3 is 0 Å². The zero-order chi connectivity index (χ0) is 17.7. The molecular formula is C21H25NO3. The minimum atomic E-state index is -0.987. The molecular weight excluding hydrogens is 314 g/mol. The van der Waals surface area contributed by atoms with Crippen molar-refractivity contribution in [2.75, 3.05) is 33.4 Å². The Balaban J connectivity index is 1.77. The van der Waals surface area contributed by atoms with E-state index in [0.717, 1.165) is 38.4 Å². The van der Waals surface area contributed by atoms with E-state index in [4.69, 9.17) is 9.47 Å². The third kappa shape index (κ3) is 3.98. The summed E-state index contributed by atoms with van der Waals surface area (Å²) in [5, 5.41) is 0. The predicted molar refractivity (Wildman–Crippen MR) is 97.7 cm³/mol. The first kappa shape index (κ1) is 17.8. The van der Waals surface area contributed by atoms with E-state index >= 15 is 0 Å². The third-order valence-corrected chi connectivity index (χ3v) is 4.89. The monoisotopic (exact) mass is 339 g/mol. The van der Waals surface area contributed by atoms with Crippen LogP contribution in [0.5, 0.6) is 0 Å². The number of ether oxygens (including phenoxy) is 2. The van der Waals surface area contributed by atoms with Gasteiger partial charge in [-0.1, -0.05) is 54.6 Å². The first-order chi connectivity index (χ1) is 12.1. The molecule has 2 aromatic rings. The summed E-state index contributed by atoms with van der Waals surface area (Å²) in [6, 6.07) is 17.5. The van der Waals surface area contributed by atoms with E-state index in [1.54, 1.807) is 7.11 Å². The summed E-state index contributed by atoms with van der Waals surface area (Å²) >= 11 is 0. The number of nitrogens with zero attached hydrogens (tertiary/aromatic N) is 1. The molecule has 4 heteroatoms. The Morgan fingerprint density at radius 2 is 1.72 bits per heavy atom. The van der Waals surface area contributed by atoms with E-state index in [1.165, 1.54) is 5.56 Å². The molecule has 25 heavy (non-hydrogen) atoms. The van der Waals surface area contributed by atoms with Gasteiger partial charge in [0.05, 0.1) is 13.2 Å². The van der Waals surface area contributed by atoms with Crippen LogP contribution in [0.2, 0.25) is 0 Å². The minimum Gasteiger partial charge on any atom is -0.379 e. The Morgan fingerprint density at radius 1 is 1.08 bits per heavy atom. The third-order valence-electron chi connectivity index (χ3n) is 4.89. The van der Waals surface area contributed by atoms with Gasteiger partial charge in [0.2, 0.25) is 0 Å². The molecule has 0 amide bonds. The fourth-order valence-electron chi connectivity index (χ4n) is 3.15. The van der Waals surface area contributed by atoms with Crippen LogP contribution >= 0.6 is 0 Å². The highest BCUT2D eigenvalue weighted by Crippen LogP contribution is 2.29. The number of benzene rings is 2. The second-order valence-electron chi connectivity index (χ2n) is 6.52. The molecule has 0 aliphatic carbocycles. The van der Waals surface area contributed by atoms with Crippen molar-refractivity contribution in [1.29, 1.82) is 0 Å². The van der Waals surface area contributed by atoms with Gasteiger partial charge in [-0.05, 0) is 18.1 Å². The molecule has 0 spiro atoms. The number of hydrogen-bond donors (Lipinski definition) is 0. The fourth-order valence-corrected chi connectivity index (χ4v) is 3.15. The number of methoxy groups -OCH3 is 1. The molecule has 2 aromatic carbocycles. The van der Waals surface area contributed by atoms with Crippen LogP contribution in [-0.2, 0) is 21.6 Å². The largest absolute Gasteiger partial charge is 0.379 e. The van der Waals surface area contributed by atoms with E-state index in [9.17, 15) is 4.79 Å². The lowest BCUT2D eigenvalue weighted by molar-refractivity contribution is 0.0101. The topological polar surface area (TPSA) is 38.8 Å². The van der Waals surface area contributed by atoms with Crippen LogP contribution in [0, 0.1) is 0 Å². The summed E-state index contributed by atoms with van der Waals surface area (Å²) in [7, 11) is 1.59. The second kappa shape index (κ2) is 7.91. The summed E-state index contributed by atoms with van der Waals surface area (Å²) in [4.78, 5) is 15.3. The van der Waals surface area contributed by atoms with Crippen LogP contribution < -0.4 is 0 Å². The molecule has 1 aliphatic heterocycles. The fraction of sp³-hybridized carbons (Fsp3) is 0.381. The average molecular weight is 339 g/mol. The number of morpholine rings is 1. The van der Waals surface area contributed by atoms with Crippen molar-refractivity contribution >= 4 is 5.78 Å². The summed E-state index contributed by atoms with van der Waals surface area (Å²) in [5.74, 6) is -0.0310. The van der Waals surface area contributed by atoms with E-state index in [-0.39, 0.29) is 5.78 Å². The summed E-state index contributed by atoms with van der Waals surface area (Å²) in [6.07, 6.45) is 0. The smallest absolute Gasteiger partial charge is 0.198 e. The SMILES string of the molecule is COC(C)(C(=O)c1ccccc1)c1ccc(CN2CCOCC2)cc1. The number of ketones is 1. The van der Waals surface area contributed by atoms with Gasteiger partial charge in [-0.15, -0.1) is 0 Å². The Morgan fingerprint density at radius 3 is 2.32 bits per heavy atom. The lowest BCUT2D eigenvalue weighted by atomic mass is 9.87. The summed E-state index contributed by atoms with van der Waals surface area (Å²) in [6.45, 7) is 6.25. The Hall–Kier alpha value is -2.01. The number of carbonyl (C=O) groups is 1. The van der Waals surface area contributed by atoms with Gasteiger partial charge in [0.25, 0.3) is 0 Å². The second-order valence-corrected chi connectivity index (χ2v) is 6.52. The van der Waals surface area contributed by atoms with Crippen LogP contribution in [-0.4, -0.2) is 44.1 Å². The maximum atomic E-state index is 13.0. The quantitative estimate of drug-likeness (QED) is 0.757. The molecule has 1 heterocycles. The highest BCUT2D eigenvalue weighted by atomic mass is 16.5. The van der Waals surface area contributed by atoms with Gasteiger partial charge in [-0.25, -0.2) is 0 Å². The molecule has 1 atom stereocenters. The zero-order valence-corrected chi connectivity index (χ0v) is 14.9. The van der Waals surface area contributed by atoms with Gasteiger partial charge in [0.15, 0.2) is 11.4 Å². The molecule has 3 rings (SSSR count). The van der Waals surface area contributed by atoms with Crippen molar-refractivity contribution in [1.82, 2.24) is 4.90 Å². The lowest BCUT2D eigenvalue weighted by Gasteiger charge is -2.28. The van der Waals surface area contributed by atoms with Crippen LogP contribution in [0.25, 0.3) is 0 Å². The molecule has 132 valence electrons. The first-order valence-electron chi connectivity index (χ1n) is 8.68. The molecule has 1 fully saturated rings. The van der Waals surface area contributed by atoms with Crippen molar-refractivity contribution in [3.63, 3.8) is 0 Å². The molecule has 0 saturated carbocycles. The predicted octanol–water partition coefficient (Wildman–Crippen LogP) is 3.26. The average Bonchev–Trinajstić information content (AvgIpc) is 2.69. The van der Waals surface area contributed by atoms with Gasteiger partial charge in [-0.2, -0.15) is 0 Å². The van der Waals surface area contributed by atoms with Crippen molar-refractivity contribution < 1.29 is 14.3 Å². The Labute approximate surface area is 149 Å². The molecule has 0 aromatic heterocycles. The molecule has 4 nitrogen and oxygen atoms in total. The molecule has 0 radical (unpaired) electrons. The van der Waals surface area contributed by atoms with Crippen LogP contribution in [0.15, 0.2) is 54.6 Å². The van der Waals surface area contributed by atoms with E-state index in [2.05, 4.69) is 17.0 Å². The van der Waals surface area contributed by atoms with Crippen molar-refractivity contribution in [3.8, 4) is 0 Å². The maximum Gasteiger partial charge on any atom is 0.198 e. The number of carbonyl (C=O) groups excluding carboxylic acids is 1. The zero-order valence-electron chi connectivity index (χ0n) is 14.9. The highest BCUT2D eigenvalue weighted by molar-refractivity contribution is 6.02. The maximum absolute atomic E-state index is 13.0. The van der Waals surface area contributed by atoms with Gasteiger partial charge in [-0.3, -0.25) is 9.69 Å². The lowest BCUT2D eigenvalue weighted by Crippen LogP contribution is -2.36. The van der Waals surface area contributed by atoms with E-state index < -0.39 is 5.60 Å². The van der Waals surface area contributed by atoms with Gasteiger partial charge in [0, 0.05) is 32.3 Å². The number of rotatable bonds is 6. The van der Waals surface area contributed by atoms with E-state index in [1.807, 2.05) is 49.4 Å². The molecule has 1 unspecified atom stereocenters. The molecule has 0 bridgehead atoms. The first-order valence-corrected chi connectivity index (χ1v) is 8.68. The van der Waals surface area contributed by atoms with Gasteiger partial charge in [0.1, 0.15) is 0 Å².